The van der Waals surface area contributed by atoms with Gasteiger partial charge in [0.1, 0.15) is 17.9 Å². The predicted molar refractivity (Wildman–Crippen MR) is 95.0 cm³/mol. The van der Waals surface area contributed by atoms with E-state index in [2.05, 4.69) is 10.1 Å². The first-order chi connectivity index (χ1) is 13.1. The van der Waals surface area contributed by atoms with Gasteiger partial charge in [0, 0.05) is 12.0 Å². The molecule has 0 bridgehead atoms. The zero-order valence-electron chi connectivity index (χ0n) is 14.3. The predicted octanol–water partition coefficient (Wildman–Crippen LogP) is 2.59. The van der Waals surface area contributed by atoms with Crippen LogP contribution in [0.4, 0.5) is 17.6 Å². The third-order valence-electron chi connectivity index (χ3n) is 3.94. The van der Waals surface area contributed by atoms with Crippen LogP contribution in [-0.2, 0) is 11.0 Å². The molecular weight excluding hydrogens is 422 g/mol. The van der Waals surface area contributed by atoms with Crippen LogP contribution in [0.25, 0.3) is 22.5 Å². The molecule has 3 aromatic rings. The van der Waals surface area contributed by atoms with Crippen LogP contribution in [0.5, 0.6) is 0 Å². The summed E-state index contributed by atoms with van der Waals surface area (Å²) in [6.45, 7) is 0. The molecule has 0 saturated carbocycles. The van der Waals surface area contributed by atoms with E-state index in [0.717, 1.165) is 23.0 Å². The lowest BCUT2D eigenvalue weighted by molar-refractivity contribution is -0.140. The smallest absolute Gasteiger partial charge is 0.419 e. The van der Waals surface area contributed by atoms with Crippen molar-refractivity contribution in [1.29, 1.82) is 0 Å². The van der Waals surface area contributed by atoms with Crippen LogP contribution in [0.2, 0.25) is 0 Å². The molecule has 0 unspecified atom stereocenters. The van der Waals surface area contributed by atoms with E-state index in [4.69, 9.17) is 5.11 Å². The molecule has 0 aliphatic carbocycles. The molecule has 12 heteroatoms. The highest BCUT2D eigenvalue weighted by Crippen LogP contribution is 2.34. The summed E-state index contributed by atoms with van der Waals surface area (Å²) in [4.78, 5) is 27.0. The van der Waals surface area contributed by atoms with Crippen molar-refractivity contribution >= 4 is 29.8 Å². The first-order valence-electron chi connectivity index (χ1n) is 7.77. The molecule has 0 atom stereocenters. The van der Waals surface area contributed by atoms with E-state index in [1.54, 1.807) is 0 Å². The van der Waals surface area contributed by atoms with Crippen molar-refractivity contribution < 1.29 is 32.6 Å². The van der Waals surface area contributed by atoms with Gasteiger partial charge in [-0.3, -0.25) is 9.59 Å². The molecule has 29 heavy (non-hydrogen) atoms. The Kier molecular flexibility index (Phi) is 6.12. The normalized spacial score (nSPS) is 12.6. The fraction of sp³-hybridized carbons (Fsp3) is 0.176. The third kappa shape index (κ3) is 4.29. The number of alkyl halides is 3. The van der Waals surface area contributed by atoms with Crippen LogP contribution in [0.15, 0.2) is 35.4 Å². The zero-order chi connectivity index (χ0) is 20.6. The molecule has 2 heterocycles. The van der Waals surface area contributed by atoms with Gasteiger partial charge in [0.05, 0.1) is 12.0 Å². The van der Waals surface area contributed by atoms with E-state index in [1.165, 1.54) is 0 Å². The maximum atomic E-state index is 13.5. The Morgan fingerprint density at radius 3 is 2.45 bits per heavy atom. The summed E-state index contributed by atoms with van der Waals surface area (Å²) < 4.78 is 53.4. The molecule has 0 fully saturated rings. The first-order valence-corrected chi connectivity index (χ1v) is 7.77. The monoisotopic (exact) mass is 433 g/mol. The van der Waals surface area contributed by atoms with Crippen molar-refractivity contribution in [2.75, 3.05) is 0 Å². The summed E-state index contributed by atoms with van der Waals surface area (Å²) in [5, 5.41) is 22.2. The van der Waals surface area contributed by atoms with Gasteiger partial charge in [0.15, 0.2) is 11.0 Å². The van der Waals surface area contributed by atoms with Crippen LogP contribution in [0.3, 0.4) is 0 Å². The molecule has 154 valence electrons. The molecule has 0 saturated heterocycles. The van der Waals surface area contributed by atoms with Gasteiger partial charge in [-0.05, 0) is 23.8 Å². The van der Waals surface area contributed by atoms with E-state index < -0.39 is 41.1 Å². The van der Waals surface area contributed by atoms with Crippen LogP contribution < -0.4 is 10.8 Å². The van der Waals surface area contributed by atoms with Gasteiger partial charge in [0.25, 0.3) is 0 Å². The second-order valence-corrected chi connectivity index (χ2v) is 5.80. The largest absolute Gasteiger partial charge is 0.510 e. The quantitative estimate of drug-likeness (QED) is 0.613. The summed E-state index contributed by atoms with van der Waals surface area (Å²) in [6, 6.07) is 3.16. The third-order valence-corrected chi connectivity index (χ3v) is 3.94. The van der Waals surface area contributed by atoms with Gasteiger partial charge in [-0.2, -0.15) is 18.3 Å². The van der Waals surface area contributed by atoms with Crippen molar-refractivity contribution in [2.24, 2.45) is 0 Å². The summed E-state index contributed by atoms with van der Waals surface area (Å²) in [7, 11) is 0. The number of pyridine rings is 1. The van der Waals surface area contributed by atoms with E-state index >= 15 is 0 Å². The lowest BCUT2D eigenvalue weighted by atomic mass is 10.0. The second kappa shape index (κ2) is 8.03. The Balaban J connectivity index is 0.00000300. The number of carboxylic acids is 1. The highest BCUT2D eigenvalue weighted by molar-refractivity contribution is 5.85. The number of aromatic nitrogens is 3. The van der Waals surface area contributed by atoms with Crippen LogP contribution in [0.1, 0.15) is 18.4 Å². The summed E-state index contributed by atoms with van der Waals surface area (Å²) in [5.41, 5.74) is -2.55. The van der Waals surface area contributed by atoms with Crippen molar-refractivity contribution in [1.82, 2.24) is 14.6 Å². The molecule has 0 aliphatic rings. The summed E-state index contributed by atoms with van der Waals surface area (Å²) >= 11 is 0. The lowest BCUT2D eigenvalue weighted by Gasteiger charge is -2.11. The topological polar surface area (TPSA) is 105 Å². The summed E-state index contributed by atoms with van der Waals surface area (Å²) in [5.74, 6) is -3.21. The van der Waals surface area contributed by atoms with E-state index in [1.807, 2.05) is 0 Å². The Morgan fingerprint density at radius 1 is 1.14 bits per heavy atom. The zero-order valence-corrected chi connectivity index (χ0v) is 15.1. The number of aliphatic hydroxyl groups excluding tert-OH is 1. The second-order valence-electron chi connectivity index (χ2n) is 5.80. The number of aliphatic hydroxyl groups is 1. The van der Waals surface area contributed by atoms with E-state index in [9.17, 15) is 32.3 Å². The van der Waals surface area contributed by atoms with Crippen molar-refractivity contribution in [3.63, 3.8) is 0 Å². The standard InChI is InChI=1S/C17H11F4N3O4.ClH/c18-11-2-1-8(5-10(11)17(19,20)21)9-6-13(26)15(12(25)3-4-14(27)28)24-16(9)22-7-23-24;/h1-2,5-7,25H,3-4H2,(H,27,28);1H. The van der Waals surface area contributed by atoms with Gasteiger partial charge in [0.2, 0.25) is 5.43 Å². The van der Waals surface area contributed by atoms with E-state index in [0.29, 0.717) is 12.1 Å². The van der Waals surface area contributed by atoms with Crippen molar-refractivity contribution in [3.05, 3.63) is 57.5 Å². The molecule has 3 rings (SSSR count). The highest BCUT2D eigenvalue weighted by atomic mass is 35.5. The molecule has 1 aromatic carbocycles. The molecular formula is C17H12ClF4N3O4. The average molecular weight is 434 g/mol. The van der Waals surface area contributed by atoms with Gasteiger partial charge in [-0.25, -0.2) is 13.9 Å². The van der Waals surface area contributed by atoms with Gasteiger partial charge in [-0.1, -0.05) is 6.07 Å². The molecule has 7 nitrogen and oxygen atoms in total. The number of benzene rings is 1. The minimum absolute atomic E-state index is 0. The number of halogens is 5. The lowest BCUT2D eigenvalue weighted by Crippen LogP contribution is -2.34. The fourth-order valence-corrected chi connectivity index (χ4v) is 2.69. The maximum Gasteiger partial charge on any atom is 0.419 e. The Bertz CT molecular complexity index is 1190. The number of hydrogen-bond acceptors (Lipinski definition) is 5. The number of nitrogens with zero attached hydrogens (tertiary/aromatic N) is 3. The molecule has 0 aliphatic heterocycles. The number of carbonyl (C=O) groups is 1. The number of fused-ring (bicyclic) bond motifs is 1. The molecule has 2 aromatic heterocycles. The minimum Gasteiger partial charge on any atom is -0.510 e. The minimum atomic E-state index is -4.94. The number of hydrogen-bond donors (Lipinski definition) is 2. The average Bonchev–Trinajstić information content (AvgIpc) is 3.07. The fourth-order valence-electron chi connectivity index (χ4n) is 2.69. The first kappa shape index (κ1) is 22.1. The SMILES string of the molecule is Cl.O=C(O)CCC(O)=c1c(=O)cc(-c2ccc(F)c(C(F)(F)F)c2)c2ncnn12. The molecule has 0 spiro atoms. The number of carboxylic acid groups (broad SMARTS) is 1. The molecule has 2 N–H and O–H groups in total. The van der Waals surface area contributed by atoms with Crippen LogP contribution >= 0.6 is 12.4 Å². The van der Waals surface area contributed by atoms with Gasteiger partial charge >= 0.3 is 12.1 Å². The Labute approximate surface area is 165 Å². The number of aliphatic carboxylic acids is 1. The van der Waals surface area contributed by atoms with Gasteiger partial charge < -0.3 is 10.2 Å². The Hall–Kier alpha value is -3.21. The van der Waals surface area contributed by atoms with Gasteiger partial charge in [-0.15, -0.1) is 12.4 Å². The molecule has 0 radical (unpaired) electrons. The highest BCUT2D eigenvalue weighted by Gasteiger charge is 2.34. The van der Waals surface area contributed by atoms with Crippen LogP contribution in [-0.4, -0.2) is 30.8 Å². The van der Waals surface area contributed by atoms with Crippen LogP contribution in [0, 0.1) is 5.82 Å². The van der Waals surface area contributed by atoms with E-state index in [-0.39, 0.29) is 41.0 Å². The van der Waals surface area contributed by atoms with Crippen molar-refractivity contribution in [2.45, 2.75) is 19.0 Å². The molecule has 0 amide bonds. The van der Waals surface area contributed by atoms with Crippen molar-refractivity contribution in [3.8, 4) is 11.1 Å². The maximum absolute atomic E-state index is 13.5. The number of rotatable bonds is 4. The summed E-state index contributed by atoms with van der Waals surface area (Å²) in [6.07, 6.45) is -4.72. The Morgan fingerprint density at radius 2 is 1.83 bits per heavy atom.